The number of nitrogens with zero attached hydrogens (tertiary/aromatic N) is 3. The third kappa shape index (κ3) is 5.11. The molecule has 2 heterocycles. The molecule has 0 radical (unpaired) electrons. The summed E-state index contributed by atoms with van der Waals surface area (Å²) in [7, 11) is 3.07. The fourth-order valence-corrected chi connectivity index (χ4v) is 4.20. The van der Waals surface area contributed by atoms with E-state index in [1.54, 1.807) is 63.4 Å². The van der Waals surface area contributed by atoms with Crippen LogP contribution < -0.4 is 19.8 Å². The largest absolute Gasteiger partial charge is 0.496 e. The normalized spacial score (nSPS) is 12.1. The van der Waals surface area contributed by atoms with Crippen molar-refractivity contribution in [3.63, 3.8) is 0 Å². The maximum absolute atomic E-state index is 13.6. The smallest absolute Gasteiger partial charge is 0.347 e. The van der Waals surface area contributed by atoms with Gasteiger partial charge in [-0.05, 0) is 67.9 Å². The highest BCUT2D eigenvalue weighted by atomic mass is 16.6. The molecule has 5 aromatic rings. The minimum Gasteiger partial charge on any atom is -0.496 e. The Labute approximate surface area is 229 Å². The molecule has 204 valence electrons. The molecule has 0 aliphatic rings. The van der Waals surface area contributed by atoms with Gasteiger partial charge in [-0.3, -0.25) is 4.79 Å². The monoisotopic (exact) mass is 541 g/mol. The fourth-order valence-electron chi connectivity index (χ4n) is 4.20. The molecular weight excluding hydrogens is 514 g/mol. The molecule has 0 saturated carbocycles. The summed E-state index contributed by atoms with van der Waals surface area (Å²) in [6, 6.07) is 19.3. The van der Waals surface area contributed by atoms with Crippen LogP contribution in [0.3, 0.4) is 0 Å². The van der Waals surface area contributed by atoms with Gasteiger partial charge < -0.3 is 23.4 Å². The van der Waals surface area contributed by atoms with Crippen molar-refractivity contribution in [1.82, 2.24) is 9.66 Å². The molecule has 0 spiro atoms. The van der Waals surface area contributed by atoms with E-state index in [1.807, 2.05) is 24.3 Å². The fraction of sp³-hybridized carbons (Fsp3) is 0.200. The Morgan fingerprint density at radius 1 is 1.00 bits per heavy atom. The van der Waals surface area contributed by atoms with Gasteiger partial charge in [-0.2, -0.15) is 9.78 Å². The van der Waals surface area contributed by atoms with Gasteiger partial charge in [0.05, 0.1) is 43.3 Å². The summed E-state index contributed by atoms with van der Waals surface area (Å²) >= 11 is 0. The highest BCUT2D eigenvalue weighted by molar-refractivity contribution is 5.89. The number of para-hydroxylation sites is 1. The highest BCUT2D eigenvalue weighted by Gasteiger charge is 2.19. The van der Waals surface area contributed by atoms with E-state index in [-0.39, 0.29) is 18.0 Å². The van der Waals surface area contributed by atoms with Crippen LogP contribution >= 0.6 is 0 Å². The maximum atomic E-state index is 13.6. The molecular formula is C30H27N3O7. The Morgan fingerprint density at radius 3 is 2.58 bits per heavy atom. The summed E-state index contributed by atoms with van der Waals surface area (Å²) in [6.45, 7) is 3.58. The van der Waals surface area contributed by atoms with Crippen LogP contribution in [-0.2, 0) is 9.53 Å². The van der Waals surface area contributed by atoms with E-state index in [0.29, 0.717) is 45.1 Å². The number of rotatable bonds is 9. The lowest BCUT2D eigenvalue weighted by molar-refractivity contribution is -0.150. The van der Waals surface area contributed by atoms with Gasteiger partial charge in [-0.15, -0.1) is 0 Å². The predicted octanol–water partition coefficient (Wildman–Crippen LogP) is 5.04. The third-order valence-corrected chi connectivity index (χ3v) is 6.15. The molecule has 2 aromatic heterocycles. The van der Waals surface area contributed by atoms with E-state index < -0.39 is 12.1 Å². The quantitative estimate of drug-likeness (QED) is 0.188. The zero-order valence-corrected chi connectivity index (χ0v) is 22.4. The molecule has 10 nitrogen and oxygen atoms in total. The van der Waals surface area contributed by atoms with Crippen molar-refractivity contribution in [1.29, 1.82) is 0 Å². The van der Waals surface area contributed by atoms with Gasteiger partial charge in [0.1, 0.15) is 11.3 Å². The molecule has 40 heavy (non-hydrogen) atoms. The van der Waals surface area contributed by atoms with E-state index in [1.165, 1.54) is 18.0 Å². The minimum absolute atomic E-state index is 0.230. The molecule has 0 unspecified atom stereocenters. The second kappa shape index (κ2) is 11.3. The summed E-state index contributed by atoms with van der Waals surface area (Å²) in [4.78, 5) is 30.2. The number of hydrogen-bond acceptors (Lipinski definition) is 9. The van der Waals surface area contributed by atoms with Gasteiger partial charge in [-0.1, -0.05) is 18.2 Å². The first kappa shape index (κ1) is 26.5. The van der Waals surface area contributed by atoms with Crippen molar-refractivity contribution in [2.45, 2.75) is 20.0 Å². The Bertz CT molecular complexity index is 1790. The molecule has 0 aliphatic heterocycles. The Hall–Kier alpha value is -5.12. The zero-order chi connectivity index (χ0) is 28.2. The first-order valence-electron chi connectivity index (χ1n) is 12.6. The van der Waals surface area contributed by atoms with E-state index in [2.05, 4.69) is 5.10 Å². The molecule has 0 amide bonds. The second-order valence-electron chi connectivity index (χ2n) is 8.72. The van der Waals surface area contributed by atoms with Gasteiger partial charge in [0.2, 0.25) is 5.82 Å². The lowest BCUT2D eigenvalue weighted by Gasteiger charge is -2.16. The Morgan fingerprint density at radius 2 is 1.80 bits per heavy atom. The van der Waals surface area contributed by atoms with Crippen LogP contribution in [0.1, 0.15) is 19.4 Å². The number of furan rings is 1. The number of benzene rings is 3. The first-order chi connectivity index (χ1) is 19.4. The summed E-state index contributed by atoms with van der Waals surface area (Å²) in [6.07, 6.45) is 0.687. The number of carbonyl (C=O) groups is 1. The molecule has 0 N–H and O–H groups in total. The van der Waals surface area contributed by atoms with E-state index in [0.717, 1.165) is 5.39 Å². The number of fused-ring (bicyclic) bond motifs is 2. The number of ether oxygens (including phenoxy) is 4. The predicted molar refractivity (Wildman–Crippen MR) is 150 cm³/mol. The standard InChI is InChI=1S/C30H27N3O7/c1-5-38-30(35)18(2)39-25-14-13-19(15-26(25)37-4)17-31-33-28(32-22-10-7-6-9-20(22)29(33)34)27-16-21-23(36-3)11-8-12-24(21)40-27/h6-18H,5H2,1-4H3/t18-/m1/s1. The Balaban J connectivity index is 1.56. The van der Waals surface area contributed by atoms with E-state index in [9.17, 15) is 9.59 Å². The zero-order valence-electron chi connectivity index (χ0n) is 22.4. The Kier molecular flexibility index (Phi) is 7.50. The van der Waals surface area contributed by atoms with Gasteiger partial charge >= 0.3 is 5.97 Å². The summed E-state index contributed by atoms with van der Waals surface area (Å²) in [5, 5.41) is 5.64. The number of esters is 1. The van der Waals surface area contributed by atoms with Crippen LogP contribution in [0.2, 0.25) is 0 Å². The molecule has 10 heteroatoms. The van der Waals surface area contributed by atoms with Gasteiger partial charge in [-0.25, -0.2) is 9.78 Å². The number of carbonyl (C=O) groups excluding carboxylic acids is 1. The van der Waals surface area contributed by atoms with Crippen LogP contribution in [0.5, 0.6) is 17.2 Å². The lowest BCUT2D eigenvalue weighted by Crippen LogP contribution is -2.26. The summed E-state index contributed by atoms with van der Waals surface area (Å²) in [5.74, 6) is 1.49. The van der Waals surface area contributed by atoms with Crippen molar-refractivity contribution >= 4 is 34.1 Å². The average Bonchev–Trinajstić information content (AvgIpc) is 3.42. The molecule has 1 atom stereocenters. The highest BCUT2D eigenvalue weighted by Crippen LogP contribution is 2.33. The van der Waals surface area contributed by atoms with Crippen molar-refractivity contribution in [3.8, 4) is 28.8 Å². The SMILES string of the molecule is CCOC(=O)[C@@H](C)Oc1ccc(C=Nn2c(-c3cc4c(OC)cccc4o3)nc3ccccc3c2=O)cc1OC. The van der Waals surface area contributed by atoms with E-state index >= 15 is 0 Å². The van der Waals surface area contributed by atoms with Crippen LogP contribution in [-0.4, -0.2) is 48.8 Å². The third-order valence-electron chi connectivity index (χ3n) is 6.15. The summed E-state index contributed by atoms with van der Waals surface area (Å²) < 4.78 is 28.9. The van der Waals surface area contributed by atoms with E-state index in [4.69, 9.17) is 28.3 Å². The number of methoxy groups -OCH3 is 2. The first-order valence-corrected chi connectivity index (χ1v) is 12.6. The lowest BCUT2D eigenvalue weighted by atomic mass is 10.2. The van der Waals surface area contributed by atoms with Crippen LogP contribution in [0, 0.1) is 0 Å². The molecule has 0 fully saturated rings. The van der Waals surface area contributed by atoms with Crippen molar-refractivity contribution in [2.75, 3.05) is 20.8 Å². The van der Waals surface area contributed by atoms with Crippen LogP contribution in [0.4, 0.5) is 0 Å². The minimum atomic E-state index is -0.819. The molecule has 3 aromatic carbocycles. The molecule has 0 bridgehead atoms. The maximum Gasteiger partial charge on any atom is 0.347 e. The molecule has 5 rings (SSSR count). The van der Waals surface area contributed by atoms with Gasteiger partial charge in [0.25, 0.3) is 5.56 Å². The van der Waals surface area contributed by atoms with Crippen LogP contribution in [0.25, 0.3) is 33.5 Å². The molecule has 0 saturated heterocycles. The van der Waals surface area contributed by atoms with Crippen molar-refractivity contribution in [2.24, 2.45) is 5.10 Å². The number of hydrogen-bond donors (Lipinski definition) is 0. The van der Waals surface area contributed by atoms with Crippen molar-refractivity contribution in [3.05, 3.63) is 82.6 Å². The number of aromatic nitrogens is 2. The average molecular weight is 542 g/mol. The topological polar surface area (TPSA) is 114 Å². The van der Waals surface area contributed by atoms with Gasteiger partial charge in [0, 0.05) is 0 Å². The van der Waals surface area contributed by atoms with Gasteiger partial charge in [0.15, 0.2) is 23.4 Å². The van der Waals surface area contributed by atoms with Crippen LogP contribution in [0.15, 0.2) is 81.0 Å². The van der Waals surface area contributed by atoms with Crippen molar-refractivity contribution < 1.29 is 28.2 Å². The second-order valence-corrected chi connectivity index (χ2v) is 8.72. The molecule has 0 aliphatic carbocycles. The summed E-state index contributed by atoms with van der Waals surface area (Å²) in [5.41, 5.74) is 1.36.